The predicted molar refractivity (Wildman–Crippen MR) is 77.7 cm³/mol. The van der Waals surface area contributed by atoms with Crippen LogP contribution in [0.15, 0.2) is 24.5 Å². The molecule has 0 radical (unpaired) electrons. The van der Waals surface area contributed by atoms with Gasteiger partial charge in [-0.15, -0.1) is 0 Å². The third kappa shape index (κ3) is 2.30. The quantitative estimate of drug-likeness (QED) is 0.916. The fourth-order valence-corrected chi connectivity index (χ4v) is 2.96. The highest BCUT2D eigenvalue weighted by atomic mass is 15.1. The second kappa shape index (κ2) is 5.17. The highest BCUT2D eigenvalue weighted by Gasteiger charge is 2.16. The molecule has 0 unspecified atom stereocenters. The average Bonchev–Trinajstić information content (AvgIpc) is 2.85. The van der Waals surface area contributed by atoms with Crippen molar-refractivity contribution in [1.29, 1.82) is 0 Å². The Hall–Kier alpha value is -1.61. The summed E-state index contributed by atoms with van der Waals surface area (Å²) in [5, 5.41) is 0. The van der Waals surface area contributed by atoms with Crippen molar-refractivity contribution < 1.29 is 0 Å². The van der Waals surface area contributed by atoms with Crippen LogP contribution < -0.4 is 5.73 Å². The number of imidazole rings is 1. The summed E-state index contributed by atoms with van der Waals surface area (Å²) in [6, 6.07) is 6.64. The smallest absolute Gasteiger partial charge is 0.0997 e. The molecule has 1 aliphatic rings. The van der Waals surface area contributed by atoms with Crippen LogP contribution in [-0.2, 0) is 19.3 Å². The van der Waals surface area contributed by atoms with Gasteiger partial charge >= 0.3 is 0 Å². The molecule has 0 bridgehead atoms. The van der Waals surface area contributed by atoms with Gasteiger partial charge in [-0.05, 0) is 68.8 Å². The summed E-state index contributed by atoms with van der Waals surface area (Å²) >= 11 is 0. The van der Waals surface area contributed by atoms with Crippen molar-refractivity contribution in [1.82, 2.24) is 9.55 Å². The highest BCUT2D eigenvalue weighted by molar-refractivity contribution is 5.42. The monoisotopic (exact) mass is 255 g/mol. The minimum Gasteiger partial charge on any atom is -0.330 e. The van der Waals surface area contributed by atoms with Gasteiger partial charge in [-0.1, -0.05) is 6.07 Å². The van der Waals surface area contributed by atoms with Crippen LogP contribution in [0.25, 0.3) is 5.69 Å². The Bertz CT molecular complexity index is 584. The van der Waals surface area contributed by atoms with Crippen LogP contribution in [0.1, 0.15) is 35.4 Å². The van der Waals surface area contributed by atoms with Crippen LogP contribution >= 0.6 is 0 Å². The van der Waals surface area contributed by atoms with Crippen molar-refractivity contribution in [3.05, 3.63) is 47.0 Å². The maximum Gasteiger partial charge on any atom is 0.0997 e. The lowest BCUT2D eigenvalue weighted by molar-refractivity contribution is 0.656. The highest BCUT2D eigenvalue weighted by Crippen LogP contribution is 2.24. The maximum atomic E-state index is 5.64. The summed E-state index contributed by atoms with van der Waals surface area (Å²) < 4.78 is 2.26. The molecular formula is C16H21N3. The summed E-state index contributed by atoms with van der Waals surface area (Å²) in [7, 11) is 0. The SMILES string of the molecule is Cc1cc(-n2cnc3c2CCCC3)ccc1CCN. The molecule has 3 nitrogen and oxygen atoms in total. The Morgan fingerprint density at radius 1 is 1.26 bits per heavy atom. The van der Waals surface area contributed by atoms with Gasteiger partial charge in [0, 0.05) is 11.4 Å². The second-order valence-electron chi connectivity index (χ2n) is 5.36. The summed E-state index contributed by atoms with van der Waals surface area (Å²) in [4.78, 5) is 4.56. The van der Waals surface area contributed by atoms with Gasteiger partial charge in [0.05, 0.1) is 12.0 Å². The number of aryl methyl sites for hydroxylation is 2. The van der Waals surface area contributed by atoms with Crippen molar-refractivity contribution >= 4 is 0 Å². The number of nitrogens with two attached hydrogens (primary N) is 1. The molecule has 0 saturated heterocycles. The fourth-order valence-electron chi connectivity index (χ4n) is 2.96. The molecule has 3 heteroatoms. The first-order valence-electron chi connectivity index (χ1n) is 7.14. The molecule has 0 spiro atoms. The van der Waals surface area contributed by atoms with E-state index in [2.05, 4.69) is 34.7 Å². The van der Waals surface area contributed by atoms with Crippen LogP contribution in [0.4, 0.5) is 0 Å². The number of aromatic nitrogens is 2. The van der Waals surface area contributed by atoms with Gasteiger partial charge in [-0.3, -0.25) is 0 Å². The zero-order chi connectivity index (χ0) is 13.2. The van der Waals surface area contributed by atoms with E-state index in [1.165, 1.54) is 41.0 Å². The number of benzene rings is 1. The van der Waals surface area contributed by atoms with Gasteiger partial charge in [0.1, 0.15) is 0 Å². The fraction of sp³-hybridized carbons (Fsp3) is 0.438. The Balaban J connectivity index is 1.98. The van der Waals surface area contributed by atoms with Crippen LogP contribution in [-0.4, -0.2) is 16.1 Å². The van der Waals surface area contributed by atoms with Gasteiger partial charge in [-0.25, -0.2) is 4.98 Å². The second-order valence-corrected chi connectivity index (χ2v) is 5.36. The lowest BCUT2D eigenvalue weighted by Crippen LogP contribution is -2.08. The van der Waals surface area contributed by atoms with E-state index in [4.69, 9.17) is 5.73 Å². The van der Waals surface area contributed by atoms with Gasteiger partial charge in [0.25, 0.3) is 0 Å². The maximum absolute atomic E-state index is 5.64. The largest absolute Gasteiger partial charge is 0.330 e. The summed E-state index contributed by atoms with van der Waals surface area (Å²) in [5.41, 5.74) is 12.2. The first-order chi connectivity index (χ1) is 9.29. The Kier molecular flexibility index (Phi) is 3.38. The first kappa shape index (κ1) is 12.4. The normalized spacial score (nSPS) is 14.4. The van der Waals surface area contributed by atoms with E-state index in [1.54, 1.807) is 0 Å². The average molecular weight is 255 g/mol. The zero-order valence-electron chi connectivity index (χ0n) is 11.5. The van der Waals surface area contributed by atoms with E-state index in [9.17, 15) is 0 Å². The van der Waals surface area contributed by atoms with Crippen molar-refractivity contribution in [2.24, 2.45) is 5.73 Å². The molecule has 1 aromatic heterocycles. The van der Waals surface area contributed by atoms with Crippen molar-refractivity contribution in [3.8, 4) is 5.69 Å². The minimum absolute atomic E-state index is 0.709. The number of hydrogen-bond donors (Lipinski definition) is 1. The van der Waals surface area contributed by atoms with Crippen molar-refractivity contribution in [2.75, 3.05) is 6.54 Å². The lowest BCUT2D eigenvalue weighted by Gasteiger charge is -2.15. The third-order valence-corrected chi connectivity index (χ3v) is 4.05. The Morgan fingerprint density at radius 3 is 2.89 bits per heavy atom. The van der Waals surface area contributed by atoms with Crippen molar-refractivity contribution in [2.45, 2.75) is 39.0 Å². The molecule has 19 heavy (non-hydrogen) atoms. The molecule has 3 rings (SSSR count). The zero-order valence-corrected chi connectivity index (χ0v) is 11.5. The number of rotatable bonds is 3. The standard InChI is InChI=1S/C16H21N3/c1-12-10-14(7-6-13(12)8-9-17)19-11-18-15-4-2-3-5-16(15)19/h6-7,10-11H,2-5,8-9,17H2,1H3. The molecule has 2 aromatic rings. The molecule has 0 amide bonds. The molecule has 0 aliphatic heterocycles. The van der Waals surface area contributed by atoms with E-state index < -0.39 is 0 Å². The van der Waals surface area contributed by atoms with Crippen LogP contribution in [0.3, 0.4) is 0 Å². The van der Waals surface area contributed by atoms with E-state index in [0.717, 1.165) is 19.3 Å². The molecule has 1 aliphatic carbocycles. The molecular weight excluding hydrogens is 234 g/mol. The molecule has 100 valence electrons. The van der Waals surface area contributed by atoms with Crippen molar-refractivity contribution in [3.63, 3.8) is 0 Å². The summed E-state index contributed by atoms with van der Waals surface area (Å²) in [6.45, 7) is 2.87. The van der Waals surface area contributed by atoms with Crippen LogP contribution in [0, 0.1) is 6.92 Å². The number of nitrogens with zero attached hydrogens (tertiary/aromatic N) is 2. The van der Waals surface area contributed by atoms with Crippen LogP contribution in [0.5, 0.6) is 0 Å². The molecule has 1 aromatic carbocycles. The number of hydrogen-bond acceptors (Lipinski definition) is 2. The number of fused-ring (bicyclic) bond motifs is 1. The third-order valence-electron chi connectivity index (χ3n) is 4.05. The summed E-state index contributed by atoms with van der Waals surface area (Å²) in [6.07, 6.45) is 7.77. The van der Waals surface area contributed by atoms with Gasteiger partial charge in [0.15, 0.2) is 0 Å². The predicted octanol–water partition coefficient (Wildman–Crippen LogP) is 2.56. The summed E-state index contributed by atoms with van der Waals surface area (Å²) in [5.74, 6) is 0. The van der Waals surface area contributed by atoms with Gasteiger partial charge in [0.2, 0.25) is 0 Å². The molecule has 0 atom stereocenters. The minimum atomic E-state index is 0.709. The van der Waals surface area contributed by atoms with Gasteiger partial charge in [-0.2, -0.15) is 0 Å². The topological polar surface area (TPSA) is 43.8 Å². The van der Waals surface area contributed by atoms with Gasteiger partial charge < -0.3 is 10.3 Å². The first-order valence-corrected chi connectivity index (χ1v) is 7.14. The molecule has 1 heterocycles. The van der Waals surface area contributed by atoms with E-state index in [-0.39, 0.29) is 0 Å². The Morgan fingerprint density at radius 2 is 2.11 bits per heavy atom. The lowest BCUT2D eigenvalue weighted by atomic mass is 10.0. The Labute approximate surface area is 114 Å². The van der Waals surface area contributed by atoms with E-state index >= 15 is 0 Å². The molecule has 0 saturated carbocycles. The van der Waals surface area contributed by atoms with E-state index in [1.807, 2.05) is 6.33 Å². The van der Waals surface area contributed by atoms with Crippen LogP contribution in [0.2, 0.25) is 0 Å². The van der Waals surface area contributed by atoms with E-state index in [0.29, 0.717) is 6.54 Å². The molecule has 2 N–H and O–H groups in total. The molecule has 0 fully saturated rings.